The first-order valence-electron chi connectivity index (χ1n) is 8.42. The summed E-state index contributed by atoms with van der Waals surface area (Å²) in [5, 5.41) is 3.73. The van der Waals surface area contributed by atoms with E-state index >= 15 is 0 Å². The molecule has 1 heterocycles. The second-order valence-corrected chi connectivity index (χ2v) is 6.40. The average Bonchev–Trinajstić information content (AvgIpc) is 2.59. The minimum Gasteiger partial charge on any atom is -0.483 e. The van der Waals surface area contributed by atoms with Gasteiger partial charge in [0, 0.05) is 23.1 Å². The van der Waals surface area contributed by atoms with E-state index in [1.807, 2.05) is 56.3 Å². The number of para-hydroxylation sites is 1. The zero-order valence-corrected chi connectivity index (χ0v) is 14.7. The Kier molecular flexibility index (Phi) is 4.98. The van der Waals surface area contributed by atoms with Gasteiger partial charge in [-0.05, 0) is 32.9 Å². The molecule has 128 valence electrons. The molecular formula is C21H22N2O2. The molecule has 0 fully saturated rings. The van der Waals surface area contributed by atoms with Gasteiger partial charge in [-0.25, -0.2) is 4.98 Å². The number of pyridine rings is 1. The molecule has 0 aliphatic rings. The van der Waals surface area contributed by atoms with Crippen LogP contribution in [-0.4, -0.2) is 23.5 Å². The Bertz CT molecular complexity index is 886. The molecule has 4 heteroatoms. The van der Waals surface area contributed by atoms with E-state index in [1.54, 1.807) is 0 Å². The van der Waals surface area contributed by atoms with E-state index in [0.717, 1.165) is 22.2 Å². The van der Waals surface area contributed by atoms with Crippen molar-refractivity contribution in [2.45, 2.75) is 26.8 Å². The monoisotopic (exact) mass is 334 g/mol. The lowest BCUT2D eigenvalue weighted by atomic mass is 10.1. The second kappa shape index (κ2) is 7.34. The highest BCUT2D eigenvalue weighted by atomic mass is 16.5. The van der Waals surface area contributed by atoms with Crippen LogP contribution in [0.2, 0.25) is 0 Å². The fraction of sp³-hybridized carbons (Fsp3) is 0.238. The summed E-state index contributed by atoms with van der Waals surface area (Å²) in [6.45, 7) is 5.89. The summed E-state index contributed by atoms with van der Waals surface area (Å²) in [6, 6.07) is 18.0. The van der Waals surface area contributed by atoms with Crippen LogP contribution >= 0.6 is 0 Å². The molecule has 0 aliphatic carbocycles. The van der Waals surface area contributed by atoms with E-state index in [-0.39, 0.29) is 18.6 Å². The Morgan fingerprint density at radius 3 is 2.56 bits per heavy atom. The lowest BCUT2D eigenvalue weighted by molar-refractivity contribution is -0.123. The second-order valence-electron chi connectivity index (χ2n) is 6.40. The van der Waals surface area contributed by atoms with Crippen molar-refractivity contribution in [3.05, 3.63) is 60.2 Å². The van der Waals surface area contributed by atoms with Gasteiger partial charge in [-0.1, -0.05) is 42.0 Å². The van der Waals surface area contributed by atoms with Crippen LogP contribution in [0.3, 0.4) is 0 Å². The Balaban J connectivity index is 1.95. The molecule has 1 amide bonds. The molecule has 0 saturated carbocycles. The third-order valence-corrected chi connectivity index (χ3v) is 3.83. The number of nitrogens with one attached hydrogen (secondary N) is 1. The van der Waals surface area contributed by atoms with Crippen molar-refractivity contribution in [2.24, 2.45) is 0 Å². The largest absolute Gasteiger partial charge is 0.483 e. The van der Waals surface area contributed by atoms with Gasteiger partial charge in [-0.15, -0.1) is 0 Å². The van der Waals surface area contributed by atoms with Gasteiger partial charge in [0.15, 0.2) is 6.61 Å². The first-order chi connectivity index (χ1) is 12.0. The summed E-state index contributed by atoms with van der Waals surface area (Å²) in [6.07, 6.45) is 0. The lowest BCUT2D eigenvalue weighted by Gasteiger charge is -2.13. The van der Waals surface area contributed by atoms with Crippen molar-refractivity contribution in [1.29, 1.82) is 0 Å². The van der Waals surface area contributed by atoms with Gasteiger partial charge in [-0.2, -0.15) is 0 Å². The molecule has 0 aliphatic heterocycles. The Labute approximate surface area is 147 Å². The van der Waals surface area contributed by atoms with Crippen LogP contribution < -0.4 is 10.1 Å². The van der Waals surface area contributed by atoms with Gasteiger partial charge < -0.3 is 10.1 Å². The number of aryl methyl sites for hydroxylation is 1. The fourth-order valence-corrected chi connectivity index (χ4v) is 2.64. The molecule has 3 aromatic rings. The van der Waals surface area contributed by atoms with Gasteiger partial charge in [0.05, 0.1) is 11.2 Å². The van der Waals surface area contributed by atoms with Crippen molar-refractivity contribution < 1.29 is 9.53 Å². The smallest absolute Gasteiger partial charge is 0.258 e. The molecule has 3 rings (SSSR count). The van der Waals surface area contributed by atoms with E-state index in [1.165, 1.54) is 5.56 Å². The minimum absolute atomic E-state index is 0.0144. The molecule has 4 nitrogen and oxygen atoms in total. The number of amides is 1. The summed E-state index contributed by atoms with van der Waals surface area (Å²) < 4.78 is 5.82. The van der Waals surface area contributed by atoms with Crippen LogP contribution in [0, 0.1) is 6.92 Å². The van der Waals surface area contributed by atoms with Crippen molar-refractivity contribution >= 4 is 16.8 Å². The molecule has 2 aromatic carbocycles. The van der Waals surface area contributed by atoms with Crippen LogP contribution in [0.1, 0.15) is 19.4 Å². The standard InChI is InChI=1S/C21H22N2O2/c1-14(2)22-21(24)13-25-20-12-19(16-10-8-15(3)9-11-16)23-18-7-5-4-6-17(18)20/h4-12,14H,13H2,1-3H3,(H,22,24). The fourth-order valence-electron chi connectivity index (χ4n) is 2.64. The van der Waals surface area contributed by atoms with E-state index in [4.69, 9.17) is 9.72 Å². The van der Waals surface area contributed by atoms with E-state index in [0.29, 0.717) is 5.75 Å². The van der Waals surface area contributed by atoms with Crippen LogP contribution in [0.25, 0.3) is 22.2 Å². The van der Waals surface area contributed by atoms with Crippen molar-refractivity contribution in [3.63, 3.8) is 0 Å². The summed E-state index contributed by atoms with van der Waals surface area (Å²) in [5.74, 6) is 0.535. The number of aromatic nitrogens is 1. The summed E-state index contributed by atoms with van der Waals surface area (Å²) in [5.41, 5.74) is 3.90. The molecule has 1 aromatic heterocycles. The van der Waals surface area contributed by atoms with E-state index in [2.05, 4.69) is 24.4 Å². The molecule has 25 heavy (non-hydrogen) atoms. The highest BCUT2D eigenvalue weighted by molar-refractivity contribution is 5.88. The van der Waals surface area contributed by atoms with Crippen LogP contribution in [0.4, 0.5) is 0 Å². The summed E-state index contributed by atoms with van der Waals surface area (Å²) in [7, 11) is 0. The number of carbonyl (C=O) groups excluding carboxylic acids is 1. The highest BCUT2D eigenvalue weighted by Crippen LogP contribution is 2.30. The van der Waals surface area contributed by atoms with Crippen LogP contribution in [-0.2, 0) is 4.79 Å². The summed E-state index contributed by atoms with van der Waals surface area (Å²) in [4.78, 5) is 16.6. The van der Waals surface area contributed by atoms with Gasteiger partial charge >= 0.3 is 0 Å². The third kappa shape index (κ3) is 4.15. The molecule has 0 bridgehead atoms. The van der Waals surface area contributed by atoms with Crippen molar-refractivity contribution in [1.82, 2.24) is 10.3 Å². The number of hydrogen-bond acceptors (Lipinski definition) is 3. The molecule has 0 spiro atoms. The van der Waals surface area contributed by atoms with Gasteiger partial charge in [0.1, 0.15) is 5.75 Å². The maximum atomic E-state index is 11.9. The number of carbonyl (C=O) groups is 1. The molecule has 0 atom stereocenters. The zero-order valence-electron chi connectivity index (χ0n) is 14.7. The number of ether oxygens (including phenoxy) is 1. The lowest BCUT2D eigenvalue weighted by Crippen LogP contribution is -2.34. The first kappa shape index (κ1) is 17.0. The maximum Gasteiger partial charge on any atom is 0.258 e. The number of benzene rings is 2. The topological polar surface area (TPSA) is 51.2 Å². The van der Waals surface area contributed by atoms with Gasteiger partial charge in [0.25, 0.3) is 5.91 Å². The van der Waals surface area contributed by atoms with E-state index in [9.17, 15) is 4.79 Å². The SMILES string of the molecule is Cc1ccc(-c2cc(OCC(=O)NC(C)C)c3ccccc3n2)cc1. The van der Waals surface area contributed by atoms with Crippen molar-refractivity contribution in [2.75, 3.05) is 6.61 Å². The molecule has 0 radical (unpaired) electrons. The molecule has 0 saturated heterocycles. The summed E-state index contributed by atoms with van der Waals surface area (Å²) >= 11 is 0. The first-order valence-corrected chi connectivity index (χ1v) is 8.42. The number of rotatable bonds is 5. The minimum atomic E-state index is -0.132. The Morgan fingerprint density at radius 2 is 1.84 bits per heavy atom. The van der Waals surface area contributed by atoms with Gasteiger partial charge in [-0.3, -0.25) is 4.79 Å². The van der Waals surface area contributed by atoms with Crippen molar-refractivity contribution in [3.8, 4) is 17.0 Å². The zero-order chi connectivity index (χ0) is 17.8. The third-order valence-electron chi connectivity index (χ3n) is 3.83. The molecule has 0 unspecified atom stereocenters. The number of nitrogens with zero attached hydrogens (tertiary/aromatic N) is 1. The number of fused-ring (bicyclic) bond motifs is 1. The predicted octanol–water partition coefficient (Wildman–Crippen LogP) is 4.11. The quantitative estimate of drug-likeness (QED) is 0.764. The molecule has 1 N–H and O–H groups in total. The van der Waals surface area contributed by atoms with Crippen LogP contribution in [0.15, 0.2) is 54.6 Å². The number of hydrogen-bond donors (Lipinski definition) is 1. The van der Waals surface area contributed by atoms with Crippen LogP contribution in [0.5, 0.6) is 5.75 Å². The molecular weight excluding hydrogens is 312 g/mol. The highest BCUT2D eigenvalue weighted by Gasteiger charge is 2.11. The predicted molar refractivity (Wildman–Crippen MR) is 101 cm³/mol. The average molecular weight is 334 g/mol. The van der Waals surface area contributed by atoms with E-state index < -0.39 is 0 Å². The van der Waals surface area contributed by atoms with Gasteiger partial charge in [0.2, 0.25) is 0 Å². The normalized spacial score (nSPS) is 10.9. The Hall–Kier alpha value is -2.88. The Morgan fingerprint density at radius 1 is 1.12 bits per heavy atom. The maximum absolute atomic E-state index is 11.9.